The molecule has 2 N–H and O–H groups in total. The Balaban J connectivity index is 1.91. The maximum atomic E-state index is 12.0. The van der Waals surface area contributed by atoms with Crippen molar-refractivity contribution >= 4 is 21.8 Å². The molecule has 1 aromatic rings. The molecule has 1 aliphatic heterocycles. The maximum absolute atomic E-state index is 12.0. The molecule has 0 radical (unpaired) electrons. The summed E-state index contributed by atoms with van der Waals surface area (Å²) in [4.78, 5) is 18.6. The smallest absolute Gasteiger partial charge is 0.263 e. The van der Waals surface area contributed by atoms with E-state index in [4.69, 9.17) is 0 Å². The van der Waals surface area contributed by atoms with E-state index in [0.29, 0.717) is 23.9 Å². The van der Waals surface area contributed by atoms with Gasteiger partial charge in [-0.25, -0.2) is 8.42 Å². The summed E-state index contributed by atoms with van der Waals surface area (Å²) < 4.78 is 26.4. The Morgan fingerprint density at radius 3 is 2.60 bits per heavy atom. The number of amides is 1. The number of amidine groups is 1. The van der Waals surface area contributed by atoms with E-state index >= 15 is 0 Å². The Bertz CT molecular complexity index is 749. The number of rotatable bonds is 7. The van der Waals surface area contributed by atoms with E-state index in [1.807, 2.05) is 14.1 Å². The molecule has 1 atom stereocenters. The third-order valence-corrected chi connectivity index (χ3v) is 5.61. The third-order valence-electron chi connectivity index (χ3n) is 4.21. The topological polar surface area (TPSA) is 90.9 Å². The minimum absolute atomic E-state index is 0.0917. The molecule has 138 valence electrons. The van der Waals surface area contributed by atoms with Crippen LogP contribution in [0.25, 0.3) is 0 Å². The van der Waals surface area contributed by atoms with Crippen molar-refractivity contribution in [3.8, 4) is 0 Å². The quantitative estimate of drug-likeness (QED) is 0.747. The van der Waals surface area contributed by atoms with Gasteiger partial charge in [-0.15, -0.1) is 0 Å². The van der Waals surface area contributed by atoms with Gasteiger partial charge in [0, 0.05) is 24.6 Å². The molecule has 0 bridgehead atoms. The number of benzene rings is 1. The Labute approximate surface area is 149 Å². The van der Waals surface area contributed by atoms with Crippen molar-refractivity contribution in [1.29, 1.82) is 0 Å². The first-order valence-corrected chi connectivity index (χ1v) is 9.80. The van der Waals surface area contributed by atoms with Crippen LogP contribution in [-0.2, 0) is 14.8 Å². The molecule has 0 aliphatic carbocycles. The number of sulfonamides is 1. The van der Waals surface area contributed by atoms with Crippen LogP contribution in [0.1, 0.15) is 25.8 Å². The first kappa shape index (κ1) is 19.4. The van der Waals surface area contributed by atoms with Crippen molar-refractivity contribution in [2.75, 3.05) is 27.2 Å². The summed E-state index contributed by atoms with van der Waals surface area (Å²) >= 11 is 0. The van der Waals surface area contributed by atoms with Gasteiger partial charge in [0.2, 0.25) is 5.91 Å². The second-order valence-corrected chi connectivity index (χ2v) is 8.31. The molecule has 1 heterocycles. The summed E-state index contributed by atoms with van der Waals surface area (Å²) in [5.74, 6) is 0.641. The lowest BCUT2D eigenvalue weighted by Crippen LogP contribution is -2.43. The van der Waals surface area contributed by atoms with Crippen molar-refractivity contribution in [2.45, 2.75) is 31.2 Å². The van der Waals surface area contributed by atoms with Crippen molar-refractivity contribution in [3.63, 3.8) is 0 Å². The highest BCUT2D eigenvalue weighted by Gasteiger charge is 2.29. The van der Waals surface area contributed by atoms with E-state index < -0.39 is 10.0 Å². The zero-order chi connectivity index (χ0) is 18.6. The molecule has 1 amide bonds. The predicted molar refractivity (Wildman–Crippen MR) is 98.1 cm³/mol. The third kappa shape index (κ3) is 4.79. The number of hydrogen-bond donors (Lipinski definition) is 2. The summed E-state index contributed by atoms with van der Waals surface area (Å²) in [6.45, 7) is 5.04. The van der Waals surface area contributed by atoms with Crippen LogP contribution < -0.4 is 10.0 Å². The average Bonchev–Trinajstić information content (AvgIpc) is 2.78. The van der Waals surface area contributed by atoms with Crippen LogP contribution in [0.4, 0.5) is 0 Å². The van der Waals surface area contributed by atoms with Gasteiger partial charge in [-0.1, -0.05) is 26.0 Å². The molecule has 1 unspecified atom stereocenters. The number of fused-ring (bicyclic) bond motifs is 1. The second kappa shape index (κ2) is 7.97. The van der Waals surface area contributed by atoms with E-state index in [2.05, 4.69) is 33.8 Å². The van der Waals surface area contributed by atoms with E-state index in [1.54, 1.807) is 24.3 Å². The first-order valence-electron chi connectivity index (χ1n) is 8.32. The van der Waals surface area contributed by atoms with Crippen LogP contribution in [0.2, 0.25) is 0 Å². The van der Waals surface area contributed by atoms with Gasteiger partial charge in [-0.2, -0.15) is 0 Å². The monoisotopic (exact) mass is 366 g/mol. The molecule has 1 aliphatic rings. The van der Waals surface area contributed by atoms with E-state index in [1.165, 1.54) is 0 Å². The summed E-state index contributed by atoms with van der Waals surface area (Å²) in [5, 5.41) is 2.92. The zero-order valence-electron chi connectivity index (χ0n) is 15.1. The van der Waals surface area contributed by atoms with Gasteiger partial charge in [-0.3, -0.25) is 14.5 Å². The highest BCUT2D eigenvalue weighted by molar-refractivity contribution is 7.90. The van der Waals surface area contributed by atoms with Crippen LogP contribution in [-0.4, -0.2) is 58.3 Å². The van der Waals surface area contributed by atoms with Crippen LogP contribution in [0.15, 0.2) is 34.2 Å². The van der Waals surface area contributed by atoms with Gasteiger partial charge in [0.25, 0.3) is 10.0 Å². The standard InChI is InChI=1S/C17H26N4O3S/c1-12(2)14(21(3)4)11-19-16(22)9-10-18-17-13-7-5-6-8-15(13)25(23,24)20-17/h5-8,12,14H,9-11H2,1-4H3,(H,18,20)(H,19,22). The Hall–Kier alpha value is -1.93. The van der Waals surface area contributed by atoms with Crippen molar-refractivity contribution in [3.05, 3.63) is 29.8 Å². The fourth-order valence-electron chi connectivity index (χ4n) is 2.84. The number of likely N-dealkylation sites (N-methyl/N-ethyl adjacent to an activating group) is 1. The molecule has 1 aromatic carbocycles. The molecule has 0 fully saturated rings. The molecule has 25 heavy (non-hydrogen) atoms. The normalized spacial score (nSPS) is 18.2. The number of aliphatic imine (C=N–C) groups is 1. The minimum atomic E-state index is -3.53. The molecular formula is C17H26N4O3S. The molecule has 2 rings (SSSR count). The molecule has 7 nitrogen and oxygen atoms in total. The fraction of sp³-hybridized carbons (Fsp3) is 0.529. The van der Waals surface area contributed by atoms with Crippen molar-refractivity contribution < 1.29 is 13.2 Å². The number of nitrogens with zero attached hydrogens (tertiary/aromatic N) is 2. The van der Waals surface area contributed by atoms with Gasteiger partial charge in [0.05, 0.1) is 11.4 Å². The molecule has 0 saturated heterocycles. The lowest BCUT2D eigenvalue weighted by molar-refractivity contribution is -0.121. The minimum Gasteiger partial charge on any atom is -0.354 e. The largest absolute Gasteiger partial charge is 0.354 e. The number of nitrogens with one attached hydrogen (secondary N) is 2. The summed E-state index contributed by atoms with van der Waals surface area (Å²) in [6.07, 6.45) is 0.214. The molecule has 0 saturated carbocycles. The van der Waals surface area contributed by atoms with Gasteiger partial charge in [0.15, 0.2) is 0 Å². The lowest BCUT2D eigenvalue weighted by Gasteiger charge is -2.28. The van der Waals surface area contributed by atoms with Gasteiger partial charge in [-0.05, 0) is 32.1 Å². The van der Waals surface area contributed by atoms with Gasteiger partial charge >= 0.3 is 0 Å². The maximum Gasteiger partial charge on any atom is 0.263 e. The number of carbonyl (C=O) groups is 1. The Kier molecular flexibility index (Phi) is 6.18. The SMILES string of the molecule is CC(C)C(CNC(=O)CCN=C1NS(=O)(=O)c2ccccc21)N(C)C. The van der Waals surface area contributed by atoms with E-state index in [0.717, 1.165) is 0 Å². The van der Waals surface area contributed by atoms with E-state index in [9.17, 15) is 13.2 Å². The predicted octanol–water partition coefficient (Wildman–Crippen LogP) is 0.818. The fourth-order valence-corrected chi connectivity index (χ4v) is 4.09. The Morgan fingerprint density at radius 1 is 1.28 bits per heavy atom. The van der Waals surface area contributed by atoms with Crippen molar-refractivity contribution in [1.82, 2.24) is 14.9 Å². The summed E-state index contributed by atoms with van der Waals surface area (Å²) in [5.41, 5.74) is 0.551. The second-order valence-electron chi connectivity index (χ2n) is 6.66. The molecular weight excluding hydrogens is 340 g/mol. The zero-order valence-corrected chi connectivity index (χ0v) is 15.9. The van der Waals surface area contributed by atoms with Gasteiger partial charge < -0.3 is 10.2 Å². The van der Waals surface area contributed by atoms with Crippen LogP contribution in [0.3, 0.4) is 0 Å². The highest BCUT2D eigenvalue weighted by Crippen LogP contribution is 2.22. The molecule has 0 aromatic heterocycles. The van der Waals surface area contributed by atoms with Crippen LogP contribution >= 0.6 is 0 Å². The highest BCUT2D eigenvalue weighted by atomic mass is 32.2. The summed E-state index contributed by atoms with van der Waals surface area (Å²) in [6, 6.07) is 6.95. The average molecular weight is 366 g/mol. The van der Waals surface area contributed by atoms with Crippen LogP contribution in [0, 0.1) is 5.92 Å². The number of carbonyl (C=O) groups excluding carboxylic acids is 1. The van der Waals surface area contributed by atoms with Crippen molar-refractivity contribution in [2.24, 2.45) is 10.9 Å². The molecule has 0 spiro atoms. The van der Waals surface area contributed by atoms with E-state index in [-0.39, 0.29) is 29.8 Å². The summed E-state index contributed by atoms with van der Waals surface area (Å²) in [7, 11) is 0.452. The Morgan fingerprint density at radius 2 is 1.96 bits per heavy atom. The molecule has 8 heteroatoms. The lowest BCUT2D eigenvalue weighted by atomic mass is 10.0. The van der Waals surface area contributed by atoms with Gasteiger partial charge in [0.1, 0.15) is 5.84 Å². The number of hydrogen-bond acceptors (Lipinski definition) is 5. The van der Waals surface area contributed by atoms with Crippen LogP contribution in [0.5, 0.6) is 0 Å². The first-order chi connectivity index (χ1) is 11.7.